The van der Waals surface area contributed by atoms with E-state index in [1.807, 2.05) is 65.0 Å². The number of benzene rings is 1. The van der Waals surface area contributed by atoms with E-state index >= 15 is 0 Å². The van der Waals surface area contributed by atoms with Crippen LogP contribution < -0.4 is 5.32 Å². The summed E-state index contributed by atoms with van der Waals surface area (Å²) in [5.74, 6) is -0.908. The molecular formula is C35H53N3O6S. The highest BCUT2D eigenvalue weighted by atomic mass is 32.2. The molecule has 1 aliphatic rings. The first-order chi connectivity index (χ1) is 21.1. The number of thioether (sulfide) groups is 1. The summed E-state index contributed by atoms with van der Waals surface area (Å²) in [5, 5.41) is 3.68. The summed E-state index contributed by atoms with van der Waals surface area (Å²) in [7, 11) is 1.75. The number of hydrogen-bond acceptors (Lipinski definition) is 8. The van der Waals surface area contributed by atoms with Crippen LogP contribution in [0.5, 0.6) is 0 Å². The molecule has 2 amide bonds. The molecule has 1 aromatic carbocycles. The van der Waals surface area contributed by atoms with Gasteiger partial charge >= 0.3 is 5.97 Å². The Morgan fingerprint density at radius 2 is 1.67 bits per heavy atom. The van der Waals surface area contributed by atoms with E-state index in [0.29, 0.717) is 30.1 Å². The van der Waals surface area contributed by atoms with Crippen LogP contribution >= 0.6 is 11.8 Å². The number of aliphatic imine (C=N–C) groups is 1. The van der Waals surface area contributed by atoms with Gasteiger partial charge in [-0.2, -0.15) is 0 Å². The molecule has 1 heterocycles. The van der Waals surface area contributed by atoms with Crippen LogP contribution in [0, 0.1) is 23.7 Å². The second-order valence-electron chi connectivity index (χ2n) is 12.9. The third kappa shape index (κ3) is 12.0. The fraction of sp³-hybridized carbons (Fsp3) is 0.657. The number of Topliss-reactive ketones (excluding diaryl/α,β-unsaturated/α-hetero) is 2. The molecule has 1 N–H and O–H groups in total. The summed E-state index contributed by atoms with van der Waals surface area (Å²) in [6.45, 7) is 14.3. The smallest absolute Gasteiger partial charge is 0.303 e. The molecular weight excluding hydrogens is 590 g/mol. The molecule has 0 spiro atoms. The summed E-state index contributed by atoms with van der Waals surface area (Å²) < 4.78 is 5.75. The molecule has 0 aliphatic carbocycles. The van der Waals surface area contributed by atoms with Crippen LogP contribution in [-0.4, -0.2) is 76.3 Å². The Morgan fingerprint density at radius 1 is 1.02 bits per heavy atom. The SMILES string of the molecule is CC[C@@H](C)[C@H](CC(C)=O)C(=O)N(C)[C@H](C[C@@H](OC(C)=O)C1=NC(C(=O)N[C@@H](Cc2ccccc2)C[C@H](C)C(C)=O)CS1)C(C)C. The molecule has 45 heavy (non-hydrogen) atoms. The summed E-state index contributed by atoms with van der Waals surface area (Å²) in [6.07, 6.45) is 1.66. The Balaban J connectivity index is 2.26. The van der Waals surface area contributed by atoms with E-state index in [9.17, 15) is 24.0 Å². The zero-order valence-corrected chi connectivity index (χ0v) is 29.3. The van der Waals surface area contributed by atoms with Gasteiger partial charge in [0.1, 0.15) is 22.7 Å². The highest BCUT2D eigenvalue weighted by Gasteiger charge is 2.37. The van der Waals surface area contributed by atoms with Gasteiger partial charge < -0.3 is 19.7 Å². The minimum Gasteiger partial charge on any atom is -0.455 e. The van der Waals surface area contributed by atoms with Crippen molar-refractivity contribution in [3.63, 3.8) is 0 Å². The largest absolute Gasteiger partial charge is 0.455 e. The van der Waals surface area contributed by atoms with Crippen molar-refractivity contribution in [3.05, 3.63) is 35.9 Å². The van der Waals surface area contributed by atoms with Gasteiger partial charge in [-0.25, -0.2) is 0 Å². The van der Waals surface area contributed by atoms with Gasteiger partial charge in [0, 0.05) is 56.5 Å². The van der Waals surface area contributed by atoms with Gasteiger partial charge in [-0.3, -0.25) is 24.2 Å². The second kappa shape index (κ2) is 18.2. The van der Waals surface area contributed by atoms with Crippen LogP contribution in [0.3, 0.4) is 0 Å². The van der Waals surface area contributed by atoms with Gasteiger partial charge in [0.15, 0.2) is 6.10 Å². The van der Waals surface area contributed by atoms with E-state index in [1.165, 1.54) is 25.6 Å². The first-order valence-electron chi connectivity index (χ1n) is 16.1. The lowest BCUT2D eigenvalue weighted by molar-refractivity contribution is -0.145. The average molecular weight is 644 g/mol. The molecule has 1 aromatic rings. The van der Waals surface area contributed by atoms with Gasteiger partial charge in [0.05, 0.1) is 0 Å². The lowest BCUT2D eigenvalue weighted by atomic mass is 9.85. The Hall–Kier alpha value is -3.01. The Labute approximate surface area is 273 Å². The summed E-state index contributed by atoms with van der Waals surface area (Å²) >= 11 is 1.39. The van der Waals surface area contributed by atoms with Gasteiger partial charge in [-0.15, -0.1) is 11.8 Å². The number of carbonyl (C=O) groups is 5. The van der Waals surface area contributed by atoms with E-state index in [2.05, 4.69) is 5.32 Å². The van der Waals surface area contributed by atoms with Crippen molar-refractivity contribution < 1.29 is 28.7 Å². The quantitative estimate of drug-likeness (QED) is 0.216. The molecule has 0 saturated heterocycles. The summed E-state index contributed by atoms with van der Waals surface area (Å²) in [6, 6.07) is 8.63. The fourth-order valence-corrected chi connectivity index (χ4v) is 6.82. The maximum atomic E-state index is 13.7. The first kappa shape index (κ1) is 38.2. The fourth-order valence-electron chi connectivity index (χ4n) is 5.73. The number of amides is 2. The second-order valence-corrected chi connectivity index (χ2v) is 14.0. The molecule has 0 saturated carbocycles. The lowest BCUT2D eigenvalue weighted by Crippen LogP contribution is -2.47. The van der Waals surface area contributed by atoms with Gasteiger partial charge in [0.25, 0.3) is 0 Å². The van der Waals surface area contributed by atoms with Crippen LogP contribution in [0.1, 0.15) is 86.6 Å². The van der Waals surface area contributed by atoms with Crippen molar-refractivity contribution in [2.45, 2.75) is 112 Å². The standard InChI is InChI=1S/C35H53N3O6S/c1-10-22(4)29(17-24(6)39)35(43)38(9)31(21(2)3)19-32(44-26(8)41)34-37-30(20-45-34)33(42)36-28(16-23(5)25(7)40)18-27-14-12-11-13-15-27/h11-15,21-23,28-32H,10,16-20H2,1-9H3,(H,36,42)/t22-,23+,28-,29+,30?,31-,32-/m1/s1. The number of ether oxygens (including phenoxy) is 1. The molecule has 7 atom stereocenters. The number of ketones is 2. The van der Waals surface area contributed by atoms with Crippen molar-refractivity contribution in [1.82, 2.24) is 10.2 Å². The number of nitrogens with zero attached hydrogens (tertiary/aromatic N) is 2. The van der Waals surface area contributed by atoms with Crippen LogP contribution in [0.2, 0.25) is 0 Å². The highest BCUT2D eigenvalue weighted by Crippen LogP contribution is 2.30. The highest BCUT2D eigenvalue weighted by molar-refractivity contribution is 8.14. The predicted molar refractivity (Wildman–Crippen MR) is 180 cm³/mol. The molecule has 0 radical (unpaired) electrons. The number of rotatable bonds is 18. The average Bonchev–Trinajstić information content (AvgIpc) is 3.47. The van der Waals surface area contributed by atoms with E-state index in [1.54, 1.807) is 18.9 Å². The minimum absolute atomic E-state index is 0.0243. The monoisotopic (exact) mass is 643 g/mol. The van der Waals surface area contributed by atoms with Crippen LogP contribution in [-0.2, 0) is 35.1 Å². The lowest BCUT2D eigenvalue weighted by Gasteiger charge is -2.36. The Bertz CT molecular complexity index is 1200. The van der Waals surface area contributed by atoms with E-state index in [0.717, 1.165) is 12.0 Å². The molecule has 0 fully saturated rings. The number of esters is 1. The maximum Gasteiger partial charge on any atom is 0.303 e. The Kier molecular flexibility index (Phi) is 15.5. The normalized spacial score (nSPS) is 18.6. The van der Waals surface area contributed by atoms with E-state index in [-0.39, 0.29) is 59.6 Å². The third-order valence-electron chi connectivity index (χ3n) is 8.79. The summed E-state index contributed by atoms with van der Waals surface area (Å²) in [5.41, 5.74) is 1.07. The predicted octanol–water partition coefficient (Wildman–Crippen LogP) is 5.29. The molecule has 9 nitrogen and oxygen atoms in total. The van der Waals surface area contributed by atoms with Crippen molar-refractivity contribution in [3.8, 4) is 0 Å². The number of nitrogens with one attached hydrogen (secondary N) is 1. The molecule has 1 aliphatic heterocycles. The van der Waals surface area contributed by atoms with Gasteiger partial charge in [0.2, 0.25) is 11.8 Å². The van der Waals surface area contributed by atoms with Crippen LogP contribution in [0.25, 0.3) is 0 Å². The number of carbonyl (C=O) groups excluding carboxylic acids is 5. The van der Waals surface area contributed by atoms with Crippen molar-refractivity contribution in [2.75, 3.05) is 12.8 Å². The third-order valence-corrected chi connectivity index (χ3v) is 9.93. The summed E-state index contributed by atoms with van der Waals surface area (Å²) in [4.78, 5) is 69.8. The van der Waals surface area contributed by atoms with E-state index < -0.39 is 24.0 Å². The van der Waals surface area contributed by atoms with Gasteiger partial charge in [-0.05, 0) is 44.1 Å². The minimum atomic E-state index is -0.722. The van der Waals surface area contributed by atoms with E-state index in [4.69, 9.17) is 9.73 Å². The van der Waals surface area contributed by atoms with Crippen molar-refractivity contribution >= 4 is 46.2 Å². The maximum absolute atomic E-state index is 13.7. The number of hydrogen-bond donors (Lipinski definition) is 1. The first-order valence-corrected chi connectivity index (χ1v) is 17.1. The van der Waals surface area contributed by atoms with Crippen LogP contribution in [0.4, 0.5) is 0 Å². The molecule has 0 bridgehead atoms. The zero-order chi connectivity index (χ0) is 33.8. The van der Waals surface area contributed by atoms with Crippen molar-refractivity contribution in [2.24, 2.45) is 28.7 Å². The molecule has 0 aromatic heterocycles. The van der Waals surface area contributed by atoms with Crippen LogP contribution in [0.15, 0.2) is 35.3 Å². The molecule has 250 valence electrons. The molecule has 10 heteroatoms. The van der Waals surface area contributed by atoms with Gasteiger partial charge in [-0.1, -0.05) is 71.4 Å². The zero-order valence-electron chi connectivity index (χ0n) is 28.5. The van der Waals surface area contributed by atoms with Crippen molar-refractivity contribution in [1.29, 1.82) is 0 Å². The Morgan fingerprint density at radius 3 is 2.20 bits per heavy atom. The topological polar surface area (TPSA) is 122 Å². The molecule has 1 unspecified atom stereocenters. The molecule has 2 rings (SSSR count).